The van der Waals surface area contributed by atoms with Crippen LogP contribution in [0.2, 0.25) is 0 Å². The number of likely N-dealkylation sites (tertiary alicyclic amines) is 1. The number of methoxy groups -OCH3 is 2. The molecule has 1 N–H and O–H groups in total. The van der Waals surface area contributed by atoms with E-state index in [4.69, 9.17) is 9.47 Å². The highest BCUT2D eigenvalue weighted by Gasteiger charge is 2.32. The summed E-state index contributed by atoms with van der Waals surface area (Å²) in [5.74, 6) is 2.44. The zero-order valence-corrected chi connectivity index (χ0v) is 15.5. The number of rotatable bonds is 5. The molecule has 2 fully saturated rings. The van der Waals surface area contributed by atoms with Crippen LogP contribution in [0.5, 0.6) is 11.5 Å². The number of aromatic nitrogens is 2. The van der Waals surface area contributed by atoms with Crippen LogP contribution in [0, 0.1) is 0 Å². The van der Waals surface area contributed by atoms with Gasteiger partial charge in [-0.15, -0.1) is 0 Å². The molecule has 1 saturated carbocycles. The minimum Gasteiger partial charge on any atom is -0.497 e. The molecule has 1 aliphatic carbocycles. The normalized spacial score (nSPS) is 19.2. The molecule has 1 saturated heterocycles. The second-order valence-corrected chi connectivity index (χ2v) is 7.13. The van der Waals surface area contributed by atoms with Gasteiger partial charge in [-0.3, -0.25) is 9.59 Å². The minimum atomic E-state index is -0.348. The number of aromatic amines is 1. The van der Waals surface area contributed by atoms with Gasteiger partial charge in [0, 0.05) is 36.7 Å². The van der Waals surface area contributed by atoms with Crippen molar-refractivity contribution in [3.05, 3.63) is 51.7 Å². The Hall–Kier alpha value is -2.83. The highest BCUT2D eigenvalue weighted by Crippen LogP contribution is 2.38. The van der Waals surface area contributed by atoms with Crippen LogP contribution >= 0.6 is 0 Å². The first-order valence-corrected chi connectivity index (χ1v) is 9.21. The number of amides is 1. The SMILES string of the molecule is COc1ccc(OC)c(C2CCN(C(=O)c3cnc(C4CC4)[nH]c3=O)C2)c1. The van der Waals surface area contributed by atoms with E-state index < -0.39 is 0 Å². The van der Waals surface area contributed by atoms with Crippen molar-refractivity contribution in [3.63, 3.8) is 0 Å². The van der Waals surface area contributed by atoms with Crippen LogP contribution in [-0.2, 0) is 0 Å². The van der Waals surface area contributed by atoms with Crippen LogP contribution in [0.3, 0.4) is 0 Å². The number of H-pyrrole nitrogens is 1. The van der Waals surface area contributed by atoms with E-state index in [1.54, 1.807) is 19.1 Å². The summed E-state index contributed by atoms with van der Waals surface area (Å²) in [6, 6.07) is 5.69. The molecule has 7 heteroatoms. The summed E-state index contributed by atoms with van der Waals surface area (Å²) in [6.07, 6.45) is 4.33. The average Bonchev–Trinajstić information content (AvgIpc) is 3.43. The van der Waals surface area contributed by atoms with Gasteiger partial charge in [-0.2, -0.15) is 0 Å². The summed E-state index contributed by atoms with van der Waals surface area (Å²) in [6.45, 7) is 1.12. The van der Waals surface area contributed by atoms with Crippen molar-refractivity contribution in [3.8, 4) is 11.5 Å². The van der Waals surface area contributed by atoms with Crippen LogP contribution in [0.15, 0.2) is 29.2 Å². The molecule has 2 heterocycles. The van der Waals surface area contributed by atoms with Crippen molar-refractivity contribution < 1.29 is 14.3 Å². The monoisotopic (exact) mass is 369 g/mol. The van der Waals surface area contributed by atoms with Crippen molar-refractivity contribution in [2.24, 2.45) is 0 Å². The molecule has 1 aromatic heterocycles. The summed E-state index contributed by atoms with van der Waals surface area (Å²) in [7, 11) is 3.26. The third kappa shape index (κ3) is 3.41. The van der Waals surface area contributed by atoms with E-state index in [0.29, 0.717) is 24.8 Å². The molecule has 27 heavy (non-hydrogen) atoms. The van der Waals surface area contributed by atoms with Crippen molar-refractivity contribution in [2.75, 3.05) is 27.3 Å². The predicted molar refractivity (Wildman–Crippen MR) is 99.6 cm³/mol. The molecule has 4 rings (SSSR count). The van der Waals surface area contributed by atoms with E-state index in [0.717, 1.165) is 36.3 Å². The molecular formula is C20H23N3O4. The predicted octanol–water partition coefficient (Wildman–Crippen LogP) is 2.29. The lowest BCUT2D eigenvalue weighted by Gasteiger charge is -2.18. The largest absolute Gasteiger partial charge is 0.497 e. The Morgan fingerprint density at radius 3 is 2.67 bits per heavy atom. The Morgan fingerprint density at radius 1 is 1.19 bits per heavy atom. The minimum absolute atomic E-state index is 0.109. The molecule has 2 aromatic rings. The van der Waals surface area contributed by atoms with E-state index >= 15 is 0 Å². The first kappa shape index (κ1) is 17.6. The van der Waals surface area contributed by atoms with Crippen LogP contribution in [0.4, 0.5) is 0 Å². The fourth-order valence-corrected chi connectivity index (χ4v) is 3.65. The number of carbonyl (C=O) groups excluding carboxylic acids is 1. The quantitative estimate of drug-likeness (QED) is 0.874. The van der Waals surface area contributed by atoms with E-state index in [-0.39, 0.29) is 22.9 Å². The van der Waals surface area contributed by atoms with Crippen LogP contribution in [0.25, 0.3) is 0 Å². The van der Waals surface area contributed by atoms with Crippen LogP contribution in [-0.4, -0.2) is 48.1 Å². The Balaban J connectivity index is 1.53. The van der Waals surface area contributed by atoms with Gasteiger partial charge in [0.25, 0.3) is 11.5 Å². The molecule has 0 spiro atoms. The molecule has 1 unspecified atom stereocenters. The maximum atomic E-state index is 12.8. The number of ether oxygens (including phenoxy) is 2. The fraction of sp³-hybridized carbons (Fsp3) is 0.450. The van der Waals surface area contributed by atoms with E-state index in [2.05, 4.69) is 9.97 Å². The zero-order valence-electron chi connectivity index (χ0n) is 15.5. The van der Waals surface area contributed by atoms with E-state index in [9.17, 15) is 9.59 Å². The van der Waals surface area contributed by atoms with Gasteiger partial charge in [0.1, 0.15) is 22.9 Å². The van der Waals surface area contributed by atoms with Gasteiger partial charge < -0.3 is 19.4 Å². The molecule has 1 amide bonds. The summed E-state index contributed by atoms with van der Waals surface area (Å²) in [5.41, 5.74) is 0.778. The second kappa shape index (κ2) is 7.06. The molecular weight excluding hydrogens is 346 g/mol. The summed E-state index contributed by atoms with van der Waals surface area (Å²) in [4.78, 5) is 33.9. The van der Waals surface area contributed by atoms with Crippen molar-refractivity contribution in [1.29, 1.82) is 0 Å². The number of nitrogens with one attached hydrogen (secondary N) is 1. The molecule has 0 bridgehead atoms. The van der Waals surface area contributed by atoms with E-state index in [1.165, 1.54) is 6.20 Å². The maximum Gasteiger partial charge on any atom is 0.263 e. The van der Waals surface area contributed by atoms with Gasteiger partial charge in [-0.25, -0.2) is 4.98 Å². The molecule has 0 radical (unpaired) electrons. The number of hydrogen-bond donors (Lipinski definition) is 1. The third-order valence-corrected chi connectivity index (χ3v) is 5.37. The van der Waals surface area contributed by atoms with E-state index in [1.807, 2.05) is 18.2 Å². The Morgan fingerprint density at radius 2 is 2.00 bits per heavy atom. The smallest absolute Gasteiger partial charge is 0.263 e. The first-order valence-electron chi connectivity index (χ1n) is 9.21. The van der Waals surface area contributed by atoms with Crippen molar-refractivity contribution >= 4 is 5.91 Å². The number of nitrogens with zero attached hydrogens (tertiary/aromatic N) is 2. The van der Waals surface area contributed by atoms with Crippen molar-refractivity contribution in [2.45, 2.75) is 31.1 Å². The number of benzene rings is 1. The lowest BCUT2D eigenvalue weighted by atomic mass is 9.97. The lowest BCUT2D eigenvalue weighted by Crippen LogP contribution is -2.33. The van der Waals surface area contributed by atoms with Gasteiger partial charge in [0.05, 0.1) is 14.2 Å². The van der Waals surface area contributed by atoms with Crippen LogP contribution in [0.1, 0.15) is 52.8 Å². The highest BCUT2D eigenvalue weighted by molar-refractivity contribution is 5.93. The number of hydrogen-bond acceptors (Lipinski definition) is 5. The van der Waals surface area contributed by atoms with Crippen LogP contribution < -0.4 is 15.0 Å². The maximum absolute atomic E-state index is 12.8. The average molecular weight is 369 g/mol. The first-order chi connectivity index (χ1) is 13.1. The third-order valence-electron chi connectivity index (χ3n) is 5.37. The Labute approximate surface area is 157 Å². The standard InChI is InChI=1S/C20H23N3O4/c1-26-14-5-6-17(27-2)15(9-14)13-7-8-23(11-13)20(25)16-10-21-18(12-3-4-12)22-19(16)24/h5-6,9-10,12-13H,3-4,7-8,11H2,1-2H3,(H,21,22,24). The lowest BCUT2D eigenvalue weighted by molar-refractivity contribution is 0.0788. The van der Waals surface area contributed by atoms with Gasteiger partial charge >= 0.3 is 0 Å². The van der Waals surface area contributed by atoms with Crippen molar-refractivity contribution in [1.82, 2.24) is 14.9 Å². The van der Waals surface area contributed by atoms with Gasteiger partial charge in [0.2, 0.25) is 0 Å². The molecule has 2 aliphatic rings. The number of carbonyl (C=O) groups is 1. The fourth-order valence-electron chi connectivity index (χ4n) is 3.65. The molecule has 1 aromatic carbocycles. The van der Waals surface area contributed by atoms with Gasteiger partial charge in [-0.1, -0.05) is 0 Å². The zero-order chi connectivity index (χ0) is 19.0. The Bertz CT molecular complexity index is 920. The van der Waals surface area contributed by atoms with Gasteiger partial charge in [-0.05, 0) is 37.5 Å². The topological polar surface area (TPSA) is 84.5 Å². The summed E-state index contributed by atoms with van der Waals surface area (Å²) >= 11 is 0. The van der Waals surface area contributed by atoms with Gasteiger partial charge in [0.15, 0.2) is 0 Å². The second-order valence-electron chi connectivity index (χ2n) is 7.13. The highest BCUT2D eigenvalue weighted by atomic mass is 16.5. The Kier molecular flexibility index (Phi) is 4.59. The summed E-state index contributed by atoms with van der Waals surface area (Å²) < 4.78 is 10.8. The summed E-state index contributed by atoms with van der Waals surface area (Å²) in [5, 5.41) is 0. The molecule has 7 nitrogen and oxygen atoms in total. The molecule has 142 valence electrons. The molecule has 1 atom stereocenters. The molecule has 1 aliphatic heterocycles.